The van der Waals surface area contributed by atoms with Crippen molar-refractivity contribution < 1.29 is 22.7 Å². The molecule has 1 aliphatic rings. The number of nitrogens with zero attached hydrogens (tertiary/aromatic N) is 1. The van der Waals surface area contributed by atoms with Crippen molar-refractivity contribution in [3.8, 4) is 0 Å². The zero-order valence-corrected chi connectivity index (χ0v) is 19.6. The molecule has 0 unspecified atom stereocenters. The maximum atomic E-state index is 12.9. The van der Waals surface area contributed by atoms with Crippen LogP contribution in [0.2, 0.25) is 0 Å². The molecule has 1 N–H and O–H groups in total. The summed E-state index contributed by atoms with van der Waals surface area (Å²) >= 11 is 0. The summed E-state index contributed by atoms with van der Waals surface area (Å²) in [5, 5.41) is 2.66. The molecule has 0 aliphatic carbocycles. The number of benzene rings is 2. The van der Waals surface area contributed by atoms with Gasteiger partial charge in [-0.2, -0.15) is 4.31 Å². The number of aryl methyl sites for hydroxylation is 1. The van der Waals surface area contributed by atoms with Crippen LogP contribution in [0.1, 0.15) is 60.5 Å². The van der Waals surface area contributed by atoms with Gasteiger partial charge in [0.1, 0.15) is 0 Å². The van der Waals surface area contributed by atoms with Gasteiger partial charge < -0.3 is 10.1 Å². The van der Waals surface area contributed by atoms with Crippen molar-refractivity contribution in [2.75, 3.05) is 25.0 Å². The molecule has 1 fully saturated rings. The molecule has 0 spiro atoms. The molecular formula is C24H30N2O5S. The summed E-state index contributed by atoms with van der Waals surface area (Å²) in [7, 11) is -3.61. The highest BCUT2D eigenvalue weighted by Crippen LogP contribution is 2.25. The molecule has 0 radical (unpaired) electrons. The average molecular weight is 459 g/mol. The molecule has 2 aromatic carbocycles. The van der Waals surface area contributed by atoms with E-state index in [9.17, 15) is 18.0 Å². The maximum Gasteiger partial charge on any atom is 0.338 e. The molecule has 32 heavy (non-hydrogen) atoms. The molecule has 2 aromatic rings. The van der Waals surface area contributed by atoms with Crippen molar-refractivity contribution in [2.45, 2.75) is 50.8 Å². The molecule has 7 nitrogen and oxygen atoms in total. The predicted molar refractivity (Wildman–Crippen MR) is 123 cm³/mol. The monoisotopic (exact) mass is 458 g/mol. The number of nitrogens with one attached hydrogen (secondary N) is 1. The zero-order chi connectivity index (χ0) is 23.3. The van der Waals surface area contributed by atoms with E-state index in [1.54, 1.807) is 31.2 Å². The highest BCUT2D eigenvalue weighted by molar-refractivity contribution is 7.89. The molecule has 0 atom stereocenters. The fourth-order valence-corrected chi connectivity index (χ4v) is 5.10. The summed E-state index contributed by atoms with van der Waals surface area (Å²) in [5.41, 5.74) is 2.57. The fraction of sp³-hybridized carbons (Fsp3) is 0.417. The van der Waals surface area contributed by atoms with Gasteiger partial charge >= 0.3 is 5.97 Å². The van der Waals surface area contributed by atoms with Crippen molar-refractivity contribution in [2.24, 2.45) is 0 Å². The Morgan fingerprint density at radius 3 is 2.31 bits per heavy atom. The van der Waals surface area contributed by atoms with Gasteiger partial charge in [0, 0.05) is 18.8 Å². The highest BCUT2D eigenvalue weighted by atomic mass is 32.2. The molecule has 0 bridgehead atoms. The van der Waals surface area contributed by atoms with Crippen LogP contribution in [0.5, 0.6) is 0 Å². The van der Waals surface area contributed by atoms with Gasteiger partial charge in [-0.15, -0.1) is 0 Å². The average Bonchev–Trinajstić information content (AvgIpc) is 2.79. The van der Waals surface area contributed by atoms with Gasteiger partial charge in [-0.1, -0.05) is 38.5 Å². The van der Waals surface area contributed by atoms with E-state index in [0.29, 0.717) is 35.8 Å². The second-order valence-electron chi connectivity index (χ2n) is 8.34. The van der Waals surface area contributed by atoms with Crippen LogP contribution < -0.4 is 5.32 Å². The second kappa shape index (κ2) is 10.3. The third-order valence-electron chi connectivity index (χ3n) is 5.58. The first kappa shape index (κ1) is 23.9. The number of sulfonamides is 1. The van der Waals surface area contributed by atoms with Gasteiger partial charge in [-0.25, -0.2) is 13.2 Å². The van der Waals surface area contributed by atoms with Crippen LogP contribution >= 0.6 is 0 Å². The summed E-state index contributed by atoms with van der Waals surface area (Å²) in [6.07, 6.45) is 2.72. The summed E-state index contributed by atoms with van der Waals surface area (Å²) in [6.45, 7) is 6.44. The number of anilines is 1. The van der Waals surface area contributed by atoms with Gasteiger partial charge in [0.05, 0.1) is 10.5 Å². The highest BCUT2D eigenvalue weighted by Gasteiger charge is 2.26. The van der Waals surface area contributed by atoms with Crippen LogP contribution in [0.25, 0.3) is 0 Å². The van der Waals surface area contributed by atoms with Crippen LogP contribution in [-0.2, 0) is 19.6 Å². The number of hydrogen-bond donors (Lipinski definition) is 1. The van der Waals surface area contributed by atoms with Crippen molar-refractivity contribution in [3.05, 3.63) is 59.2 Å². The van der Waals surface area contributed by atoms with E-state index in [4.69, 9.17) is 4.74 Å². The minimum Gasteiger partial charge on any atom is -0.452 e. The third-order valence-corrected chi connectivity index (χ3v) is 7.48. The van der Waals surface area contributed by atoms with Crippen LogP contribution in [-0.4, -0.2) is 44.3 Å². The summed E-state index contributed by atoms with van der Waals surface area (Å²) in [4.78, 5) is 24.7. The Morgan fingerprint density at radius 1 is 1.03 bits per heavy atom. The van der Waals surface area contributed by atoms with Crippen LogP contribution in [0.3, 0.4) is 0 Å². The van der Waals surface area contributed by atoms with E-state index in [1.807, 2.05) is 12.1 Å². The normalized spacial score (nSPS) is 14.9. The Kier molecular flexibility index (Phi) is 7.69. The molecule has 1 aliphatic heterocycles. The maximum absolute atomic E-state index is 12.9. The Hall–Kier alpha value is -2.71. The molecule has 1 heterocycles. The number of carbonyl (C=O) groups excluding carboxylic acids is 2. The summed E-state index contributed by atoms with van der Waals surface area (Å²) in [5.74, 6) is -0.773. The molecule has 3 rings (SSSR count). The first-order valence-electron chi connectivity index (χ1n) is 10.9. The topological polar surface area (TPSA) is 92.8 Å². The van der Waals surface area contributed by atoms with Crippen LogP contribution in [0, 0.1) is 6.92 Å². The number of rotatable bonds is 7. The zero-order valence-electron chi connectivity index (χ0n) is 18.8. The Bertz CT molecular complexity index is 1070. The smallest absolute Gasteiger partial charge is 0.338 e. The van der Waals surface area contributed by atoms with E-state index in [1.165, 1.54) is 10.4 Å². The number of piperidine rings is 1. The summed E-state index contributed by atoms with van der Waals surface area (Å²) < 4.78 is 32.4. The van der Waals surface area contributed by atoms with Gasteiger partial charge in [0.2, 0.25) is 10.0 Å². The fourth-order valence-electron chi connectivity index (χ4n) is 3.56. The molecule has 1 saturated heterocycles. The Balaban J connectivity index is 1.63. The van der Waals surface area contributed by atoms with Gasteiger partial charge in [-0.05, 0) is 61.1 Å². The lowest BCUT2D eigenvalue weighted by Gasteiger charge is -2.26. The minimum atomic E-state index is -3.61. The molecule has 0 saturated carbocycles. The van der Waals surface area contributed by atoms with E-state index in [-0.39, 0.29) is 4.90 Å². The van der Waals surface area contributed by atoms with Gasteiger partial charge in [-0.3, -0.25) is 4.79 Å². The molecule has 8 heteroatoms. The number of esters is 1. The van der Waals surface area contributed by atoms with Crippen molar-refractivity contribution in [1.29, 1.82) is 0 Å². The Morgan fingerprint density at radius 2 is 1.69 bits per heavy atom. The quantitative estimate of drug-likeness (QED) is 0.631. The van der Waals surface area contributed by atoms with Crippen molar-refractivity contribution in [1.82, 2.24) is 4.31 Å². The van der Waals surface area contributed by atoms with E-state index in [2.05, 4.69) is 19.2 Å². The largest absolute Gasteiger partial charge is 0.452 e. The lowest BCUT2D eigenvalue weighted by molar-refractivity contribution is -0.119. The lowest BCUT2D eigenvalue weighted by Crippen LogP contribution is -2.35. The van der Waals surface area contributed by atoms with Crippen LogP contribution in [0.15, 0.2) is 47.4 Å². The van der Waals surface area contributed by atoms with Crippen LogP contribution in [0.4, 0.5) is 5.69 Å². The van der Waals surface area contributed by atoms with Crippen molar-refractivity contribution in [3.63, 3.8) is 0 Å². The van der Waals surface area contributed by atoms with E-state index < -0.39 is 28.5 Å². The van der Waals surface area contributed by atoms with Gasteiger partial charge in [0.25, 0.3) is 5.91 Å². The van der Waals surface area contributed by atoms with E-state index >= 15 is 0 Å². The Labute approximate surface area is 189 Å². The lowest BCUT2D eigenvalue weighted by atomic mass is 10.0. The first-order chi connectivity index (χ1) is 15.2. The first-order valence-corrected chi connectivity index (χ1v) is 12.3. The standard InChI is InChI=1S/C24H30N2O5S/c1-17(2)19-8-10-20(11-9-19)24(28)31-16-23(27)25-22-15-21(12-7-18(22)3)32(29,30)26-13-5-4-6-14-26/h7-12,15,17H,4-6,13-14,16H2,1-3H3,(H,25,27). The van der Waals surface area contributed by atoms with Crippen molar-refractivity contribution >= 4 is 27.6 Å². The predicted octanol–water partition coefficient (Wildman–Crippen LogP) is 4.09. The molecule has 1 amide bonds. The summed E-state index contributed by atoms with van der Waals surface area (Å²) in [6, 6.07) is 11.7. The third kappa shape index (κ3) is 5.75. The molecule has 0 aromatic heterocycles. The number of carbonyl (C=O) groups is 2. The van der Waals surface area contributed by atoms with Gasteiger partial charge in [0.15, 0.2) is 6.61 Å². The number of hydrogen-bond acceptors (Lipinski definition) is 5. The SMILES string of the molecule is Cc1ccc(S(=O)(=O)N2CCCCC2)cc1NC(=O)COC(=O)c1ccc(C(C)C)cc1. The second-order valence-corrected chi connectivity index (χ2v) is 10.3. The number of ether oxygens (including phenoxy) is 1. The molecule has 172 valence electrons. The minimum absolute atomic E-state index is 0.141. The number of amides is 1. The molecular weight excluding hydrogens is 428 g/mol. The van der Waals surface area contributed by atoms with E-state index in [0.717, 1.165) is 24.8 Å².